The molecule has 0 spiro atoms. The number of amides is 1. The number of benzene rings is 1. The lowest BCUT2D eigenvalue weighted by Gasteiger charge is -2.04. The largest absolute Gasteiger partial charge is 0.454 e. The lowest BCUT2D eigenvalue weighted by atomic mass is 10.1. The molecule has 0 saturated heterocycles. The number of furan rings is 1. The number of hydrogen-bond acceptors (Lipinski definition) is 3. The summed E-state index contributed by atoms with van der Waals surface area (Å²) < 4.78 is 7.52. The molecule has 5 nitrogen and oxygen atoms in total. The van der Waals surface area contributed by atoms with Crippen molar-refractivity contribution in [3.05, 3.63) is 70.9 Å². The third-order valence-corrected chi connectivity index (χ3v) is 3.91. The quantitative estimate of drug-likeness (QED) is 0.773. The third-order valence-electron chi connectivity index (χ3n) is 3.91. The summed E-state index contributed by atoms with van der Waals surface area (Å²) in [4.78, 5) is 12.3. The van der Waals surface area contributed by atoms with E-state index in [4.69, 9.17) is 4.42 Å². The van der Waals surface area contributed by atoms with Crippen molar-refractivity contribution in [2.24, 2.45) is 0 Å². The molecular formula is C19H21N3O2. The maximum absolute atomic E-state index is 12.3. The van der Waals surface area contributed by atoms with E-state index < -0.39 is 0 Å². The minimum absolute atomic E-state index is 0.251. The highest BCUT2D eigenvalue weighted by Crippen LogP contribution is 2.15. The summed E-state index contributed by atoms with van der Waals surface area (Å²) in [6.07, 6.45) is 0.974. The van der Waals surface area contributed by atoms with Crippen LogP contribution in [0.2, 0.25) is 0 Å². The number of carbonyl (C=O) groups is 1. The minimum Gasteiger partial charge on any atom is -0.454 e. The van der Waals surface area contributed by atoms with Crippen molar-refractivity contribution in [1.29, 1.82) is 0 Å². The zero-order valence-electron chi connectivity index (χ0n) is 14.2. The van der Waals surface area contributed by atoms with Gasteiger partial charge in [-0.1, -0.05) is 19.1 Å². The van der Waals surface area contributed by atoms with Crippen molar-refractivity contribution >= 4 is 11.6 Å². The standard InChI is InChI=1S/C19H21N3O2/c1-4-15-5-7-16(8-6-15)20-19(23)18-10-9-17(24-18)12-22-14(3)11-13(2)21-22/h5-11H,4,12H2,1-3H3,(H,20,23). The minimum atomic E-state index is -0.251. The Morgan fingerprint density at radius 2 is 1.92 bits per heavy atom. The number of aryl methyl sites for hydroxylation is 3. The lowest BCUT2D eigenvalue weighted by molar-refractivity contribution is 0.0994. The molecule has 2 heterocycles. The fraction of sp³-hybridized carbons (Fsp3) is 0.263. The molecule has 124 valence electrons. The second-order valence-electron chi connectivity index (χ2n) is 5.86. The van der Waals surface area contributed by atoms with E-state index in [1.807, 2.05) is 54.9 Å². The van der Waals surface area contributed by atoms with Crippen LogP contribution in [0.3, 0.4) is 0 Å². The summed E-state index contributed by atoms with van der Waals surface area (Å²) in [7, 11) is 0. The van der Waals surface area contributed by atoms with E-state index in [2.05, 4.69) is 17.3 Å². The molecule has 0 aliphatic rings. The molecule has 1 aromatic carbocycles. The second-order valence-corrected chi connectivity index (χ2v) is 5.86. The molecule has 0 saturated carbocycles. The molecule has 24 heavy (non-hydrogen) atoms. The Balaban J connectivity index is 1.67. The van der Waals surface area contributed by atoms with Crippen molar-refractivity contribution in [2.75, 3.05) is 5.32 Å². The third kappa shape index (κ3) is 3.56. The lowest BCUT2D eigenvalue weighted by Crippen LogP contribution is -2.11. The maximum atomic E-state index is 12.3. The number of aromatic nitrogens is 2. The summed E-state index contributed by atoms with van der Waals surface area (Å²) in [5.41, 5.74) is 4.02. The summed E-state index contributed by atoms with van der Waals surface area (Å²) in [5.74, 6) is 0.748. The first-order valence-electron chi connectivity index (χ1n) is 8.05. The second kappa shape index (κ2) is 6.74. The Bertz CT molecular complexity index is 844. The Labute approximate surface area is 141 Å². The molecule has 0 bridgehead atoms. The average molecular weight is 323 g/mol. The first-order valence-corrected chi connectivity index (χ1v) is 8.05. The van der Waals surface area contributed by atoms with E-state index in [9.17, 15) is 4.79 Å². The highest BCUT2D eigenvalue weighted by molar-refractivity contribution is 6.02. The van der Waals surface area contributed by atoms with E-state index in [1.165, 1.54) is 5.56 Å². The van der Waals surface area contributed by atoms with Gasteiger partial charge >= 0.3 is 0 Å². The molecule has 0 fully saturated rings. The molecule has 3 aromatic rings. The van der Waals surface area contributed by atoms with Gasteiger partial charge in [0.15, 0.2) is 5.76 Å². The van der Waals surface area contributed by atoms with Crippen LogP contribution in [0, 0.1) is 13.8 Å². The number of rotatable bonds is 5. The van der Waals surface area contributed by atoms with Gasteiger partial charge in [-0.3, -0.25) is 9.48 Å². The number of hydrogen-bond donors (Lipinski definition) is 1. The highest BCUT2D eigenvalue weighted by Gasteiger charge is 2.12. The predicted octanol–water partition coefficient (Wildman–Crippen LogP) is 3.96. The molecule has 0 aliphatic carbocycles. The molecule has 0 radical (unpaired) electrons. The van der Waals surface area contributed by atoms with Gasteiger partial charge < -0.3 is 9.73 Å². The molecule has 0 unspecified atom stereocenters. The van der Waals surface area contributed by atoms with Crippen molar-refractivity contribution in [3.8, 4) is 0 Å². The van der Waals surface area contributed by atoms with Gasteiger partial charge in [0.2, 0.25) is 0 Å². The number of nitrogens with one attached hydrogen (secondary N) is 1. The van der Waals surface area contributed by atoms with Crippen LogP contribution in [0.15, 0.2) is 46.9 Å². The molecule has 5 heteroatoms. The first-order chi connectivity index (χ1) is 11.5. The van der Waals surface area contributed by atoms with Crippen LogP contribution in [-0.2, 0) is 13.0 Å². The molecular weight excluding hydrogens is 302 g/mol. The van der Waals surface area contributed by atoms with E-state index >= 15 is 0 Å². The average Bonchev–Trinajstić information content (AvgIpc) is 3.15. The number of carbonyl (C=O) groups excluding carboxylic acids is 1. The Hall–Kier alpha value is -2.82. The van der Waals surface area contributed by atoms with Crippen molar-refractivity contribution in [1.82, 2.24) is 9.78 Å². The van der Waals surface area contributed by atoms with Gasteiger partial charge in [0.1, 0.15) is 5.76 Å². The SMILES string of the molecule is CCc1ccc(NC(=O)c2ccc(Cn3nc(C)cc3C)o2)cc1. The smallest absolute Gasteiger partial charge is 0.291 e. The monoisotopic (exact) mass is 323 g/mol. The van der Waals surface area contributed by atoms with Crippen LogP contribution in [-0.4, -0.2) is 15.7 Å². The molecule has 0 atom stereocenters. The molecule has 0 aliphatic heterocycles. The van der Waals surface area contributed by atoms with E-state index in [1.54, 1.807) is 6.07 Å². The van der Waals surface area contributed by atoms with Crippen molar-refractivity contribution < 1.29 is 9.21 Å². The van der Waals surface area contributed by atoms with Gasteiger partial charge in [-0.25, -0.2) is 0 Å². The summed E-state index contributed by atoms with van der Waals surface area (Å²) in [6.45, 7) is 6.56. The van der Waals surface area contributed by atoms with Crippen LogP contribution in [0.5, 0.6) is 0 Å². The fourth-order valence-corrected chi connectivity index (χ4v) is 2.58. The molecule has 1 N–H and O–H groups in total. The van der Waals surface area contributed by atoms with Crippen LogP contribution in [0.4, 0.5) is 5.69 Å². The van der Waals surface area contributed by atoms with Crippen LogP contribution >= 0.6 is 0 Å². The van der Waals surface area contributed by atoms with Gasteiger partial charge in [-0.05, 0) is 56.2 Å². The first kappa shape index (κ1) is 16.1. The van der Waals surface area contributed by atoms with Crippen LogP contribution < -0.4 is 5.32 Å². The Morgan fingerprint density at radius 1 is 1.17 bits per heavy atom. The van der Waals surface area contributed by atoms with E-state index in [0.29, 0.717) is 18.1 Å². The normalized spacial score (nSPS) is 10.8. The molecule has 1 amide bonds. The number of nitrogens with zero attached hydrogens (tertiary/aromatic N) is 2. The summed E-state index contributed by atoms with van der Waals surface area (Å²) in [5, 5.41) is 7.25. The van der Waals surface area contributed by atoms with Gasteiger partial charge in [0.25, 0.3) is 5.91 Å². The van der Waals surface area contributed by atoms with Gasteiger partial charge in [-0.2, -0.15) is 5.10 Å². The molecule has 2 aromatic heterocycles. The number of anilines is 1. The zero-order valence-corrected chi connectivity index (χ0v) is 14.2. The Kier molecular flexibility index (Phi) is 4.51. The van der Waals surface area contributed by atoms with Crippen LogP contribution in [0.1, 0.15) is 40.2 Å². The Morgan fingerprint density at radius 3 is 2.54 bits per heavy atom. The predicted molar refractivity (Wildman–Crippen MR) is 93.3 cm³/mol. The topological polar surface area (TPSA) is 60.1 Å². The van der Waals surface area contributed by atoms with Gasteiger partial charge in [0.05, 0.1) is 12.2 Å². The van der Waals surface area contributed by atoms with Crippen molar-refractivity contribution in [2.45, 2.75) is 33.7 Å². The van der Waals surface area contributed by atoms with E-state index in [0.717, 1.165) is 23.5 Å². The van der Waals surface area contributed by atoms with Crippen LogP contribution in [0.25, 0.3) is 0 Å². The fourth-order valence-electron chi connectivity index (χ4n) is 2.58. The van der Waals surface area contributed by atoms with Crippen molar-refractivity contribution in [3.63, 3.8) is 0 Å². The zero-order chi connectivity index (χ0) is 17.1. The van der Waals surface area contributed by atoms with Gasteiger partial charge in [0, 0.05) is 11.4 Å². The van der Waals surface area contributed by atoms with Gasteiger partial charge in [-0.15, -0.1) is 0 Å². The highest BCUT2D eigenvalue weighted by atomic mass is 16.4. The van der Waals surface area contributed by atoms with E-state index in [-0.39, 0.29) is 5.91 Å². The summed E-state index contributed by atoms with van der Waals surface area (Å²) >= 11 is 0. The summed E-state index contributed by atoms with van der Waals surface area (Å²) in [6, 6.07) is 13.3. The molecule has 3 rings (SSSR count). The maximum Gasteiger partial charge on any atom is 0.291 e.